The van der Waals surface area contributed by atoms with Gasteiger partial charge in [-0.05, 0) is 57.0 Å². The average Bonchev–Trinajstić information content (AvgIpc) is 3.21. The summed E-state index contributed by atoms with van der Waals surface area (Å²) < 4.78 is 12.7. The normalized spacial score (nSPS) is 14.2. The van der Waals surface area contributed by atoms with Crippen molar-refractivity contribution < 1.29 is 19.1 Å². The fraction of sp³-hybridized carbons (Fsp3) is 0.333. The van der Waals surface area contributed by atoms with Crippen molar-refractivity contribution in [2.24, 2.45) is 5.92 Å². The van der Waals surface area contributed by atoms with E-state index in [-0.39, 0.29) is 17.8 Å². The summed E-state index contributed by atoms with van der Waals surface area (Å²) >= 11 is 0. The Morgan fingerprint density at radius 3 is 2.39 bits per heavy atom. The van der Waals surface area contributed by atoms with Crippen molar-refractivity contribution in [3.8, 4) is 22.7 Å². The first kappa shape index (κ1) is 22.6. The molecule has 172 valence electrons. The average molecular weight is 447 g/mol. The number of para-hydroxylation sites is 1. The number of benzene rings is 2. The number of carbonyl (C=O) groups is 2. The first-order valence-corrected chi connectivity index (χ1v) is 11.4. The van der Waals surface area contributed by atoms with Crippen LogP contribution in [0.1, 0.15) is 35.8 Å². The van der Waals surface area contributed by atoms with E-state index in [1.54, 1.807) is 7.11 Å². The van der Waals surface area contributed by atoms with E-state index in [4.69, 9.17) is 9.47 Å². The molecule has 6 heteroatoms. The quantitative estimate of drug-likeness (QED) is 0.507. The highest BCUT2D eigenvalue weighted by molar-refractivity contribution is 5.97. The van der Waals surface area contributed by atoms with Gasteiger partial charge in [-0.2, -0.15) is 0 Å². The highest BCUT2D eigenvalue weighted by Gasteiger charge is 2.30. The Morgan fingerprint density at radius 1 is 1.00 bits per heavy atom. The molecule has 0 bridgehead atoms. The number of nitrogens with zero attached hydrogens (tertiary/aromatic N) is 2. The van der Waals surface area contributed by atoms with Crippen LogP contribution in [0.5, 0.6) is 5.75 Å². The van der Waals surface area contributed by atoms with Crippen LogP contribution in [0, 0.1) is 12.8 Å². The fourth-order valence-electron chi connectivity index (χ4n) is 4.48. The van der Waals surface area contributed by atoms with Gasteiger partial charge in [0, 0.05) is 30.0 Å². The van der Waals surface area contributed by atoms with E-state index in [2.05, 4.69) is 4.57 Å². The Balaban J connectivity index is 1.67. The van der Waals surface area contributed by atoms with Crippen LogP contribution in [0.2, 0.25) is 0 Å². The number of methoxy groups -OCH3 is 1. The number of hydrogen-bond donors (Lipinski definition) is 0. The maximum absolute atomic E-state index is 13.5. The molecule has 1 aromatic heterocycles. The Hall–Kier alpha value is -3.54. The van der Waals surface area contributed by atoms with E-state index in [0.717, 1.165) is 28.4 Å². The number of carbonyl (C=O) groups excluding carboxylic acids is 2. The Bertz CT molecular complexity index is 1130. The molecular weight excluding hydrogens is 416 g/mol. The van der Waals surface area contributed by atoms with Crippen LogP contribution in [-0.4, -0.2) is 48.1 Å². The number of aromatic nitrogens is 1. The van der Waals surface area contributed by atoms with Gasteiger partial charge in [-0.25, -0.2) is 0 Å². The maximum atomic E-state index is 13.5. The first-order valence-electron chi connectivity index (χ1n) is 11.4. The van der Waals surface area contributed by atoms with Gasteiger partial charge in [0.1, 0.15) is 5.75 Å². The number of piperidine rings is 1. The summed E-state index contributed by atoms with van der Waals surface area (Å²) in [5.41, 5.74) is 4.46. The molecule has 1 aliphatic heterocycles. The number of rotatable bonds is 6. The summed E-state index contributed by atoms with van der Waals surface area (Å²) in [6, 6.07) is 19.9. The smallest absolute Gasteiger partial charge is 0.309 e. The lowest BCUT2D eigenvalue weighted by molar-refractivity contribution is -0.149. The lowest BCUT2D eigenvalue weighted by Gasteiger charge is -2.31. The summed E-state index contributed by atoms with van der Waals surface area (Å²) in [6.07, 6.45) is 1.26. The van der Waals surface area contributed by atoms with Gasteiger partial charge in [-0.15, -0.1) is 0 Å². The summed E-state index contributed by atoms with van der Waals surface area (Å²) in [5, 5.41) is 0. The fourth-order valence-corrected chi connectivity index (χ4v) is 4.48. The highest BCUT2D eigenvalue weighted by Crippen LogP contribution is 2.32. The molecule has 1 amide bonds. The number of ether oxygens (including phenoxy) is 2. The van der Waals surface area contributed by atoms with Crippen molar-refractivity contribution in [3.63, 3.8) is 0 Å². The van der Waals surface area contributed by atoms with Gasteiger partial charge in [0.25, 0.3) is 5.91 Å². The molecular formula is C27H30N2O4. The van der Waals surface area contributed by atoms with E-state index in [9.17, 15) is 9.59 Å². The molecule has 0 radical (unpaired) electrons. The summed E-state index contributed by atoms with van der Waals surface area (Å²) in [4.78, 5) is 27.5. The van der Waals surface area contributed by atoms with Crippen molar-refractivity contribution in [2.75, 3.05) is 26.8 Å². The monoisotopic (exact) mass is 446 g/mol. The minimum absolute atomic E-state index is 0.00589. The molecule has 0 unspecified atom stereocenters. The molecule has 0 atom stereocenters. The van der Waals surface area contributed by atoms with Gasteiger partial charge in [-0.3, -0.25) is 9.59 Å². The van der Waals surface area contributed by atoms with Crippen molar-refractivity contribution in [1.29, 1.82) is 0 Å². The largest absolute Gasteiger partial charge is 0.497 e. The zero-order chi connectivity index (χ0) is 23.4. The van der Waals surface area contributed by atoms with E-state index < -0.39 is 0 Å². The minimum atomic E-state index is -0.156. The minimum Gasteiger partial charge on any atom is -0.497 e. The van der Waals surface area contributed by atoms with Crippen molar-refractivity contribution in [2.45, 2.75) is 26.7 Å². The second kappa shape index (κ2) is 9.94. The van der Waals surface area contributed by atoms with Crippen LogP contribution < -0.4 is 4.74 Å². The summed E-state index contributed by atoms with van der Waals surface area (Å²) in [5.74, 6) is 0.473. The molecule has 0 aliphatic carbocycles. The lowest BCUT2D eigenvalue weighted by Crippen LogP contribution is -2.40. The van der Waals surface area contributed by atoms with Crippen LogP contribution in [0.4, 0.5) is 0 Å². The van der Waals surface area contributed by atoms with Crippen molar-refractivity contribution in [3.05, 3.63) is 71.9 Å². The zero-order valence-electron chi connectivity index (χ0n) is 19.4. The van der Waals surface area contributed by atoms with E-state index in [1.807, 2.05) is 79.4 Å². The number of esters is 1. The second-order valence-corrected chi connectivity index (χ2v) is 8.25. The molecule has 0 N–H and O–H groups in total. The molecule has 6 nitrogen and oxygen atoms in total. The van der Waals surface area contributed by atoms with Gasteiger partial charge in [0.2, 0.25) is 0 Å². The van der Waals surface area contributed by atoms with E-state index >= 15 is 0 Å². The van der Waals surface area contributed by atoms with E-state index in [1.165, 1.54) is 0 Å². The van der Waals surface area contributed by atoms with Gasteiger partial charge in [-0.1, -0.05) is 30.3 Å². The highest BCUT2D eigenvalue weighted by atomic mass is 16.5. The standard InChI is InChI=1S/C27H30N2O4/c1-4-33-27(31)20-13-15-28(16-14-20)26(30)24-18-25(21-9-8-12-23(17-21)32-3)29(19(24)2)22-10-6-5-7-11-22/h5-12,17-18,20H,4,13-16H2,1-3H3. The van der Waals surface area contributed by atoms with Gasteiger partial charge in [0.15, 0.2) is 0 Å². The van der Waals surface area contributed by atoms with Crippen LogP contribution in [0.3, 0.4) is 0 Å². The SMILES string of the molecule is CCOC(=O)C1CCN(C(=O)c2cc(-c3cccc(OC)c3)n(-c3ccccc3)c2C)CC1. The van der Waals surface area contributed by atoms with Crippen molar-refractivity contribution in [1.82, 2.24) is 9.47 Å². The molecule has 2 aromatic carbocycles. The second-order valence-electron chi connectivity index (χ2n) is 8.25. The zero-order valence-corrected chi connectivity index (χ0v) is 19.4. The van der Waals surface area contributed by atoms with Crippen LogP contribution in [0.25, 0.3) is 16.9 Å². The molecule has 1 aliphatic rings. The van der Waals surface area contributed by atoms with Gasteiger partial charge >= 0.3 is 5.97 Å². The molecule has 0 spiro atoms. The first-order chi connectivity index (χ1) is 16.0. The number of likely N-dealkylation sites (tertiary alicyclic amines) is 1. The molecule has 3 aromatic rings. The molecule has 33 heavy (non-hydrogen) atoms. The van der Waals surface area contributed by atoms with Crippen LogP contribution >= 0.6 is 0 Å². The van der Waals surface area contributed by atoms with Crippen LogP contribution in [0.15, 0.2) is 60.7 Å². The Kier molecular flexibility index (Phi) is 6.82. The maximum Gasteiger partial charge on any atom is 0.309 e. The third-order valence-electron chi connectivity index (χ3n) is 6.26. The van der Waals surface area contributed by atoms with Gasteiger partial charge in [0.05, 0.1) is 30.9 Å². The van der Waals surface area contributed by atoms with Gasteiger partial charge < -0.3 is 18.9 Å². The molecule has 1 fully saturated rings. The number of amides is 1. The Labute approximate surface area is 194 Å². The van der Waals surface area contributed by atoms with Crippen LogP contribution in [-0.2, 0) is 9.53 Å². The molecule has 4 rings (SSSR count). The van der Waals surface area contributed by atoms with E-state index in [0.29, 0.717) is 38.1 Å². The van der Waals surface area contributed by atoms with Crippen molar-refractivity contribution >= 4 is 11.9 Å². The Morgan fingerprint density at radius 2 is 1.73 bits per heavy atom. The third kappa shape index (κ3) is 4.65. The molecule has 2 heterocycles. The summed E-state index contributed by atoms with van der Waals surface area (Å²) in [7, 11) is 1.65. The molecule has 0 saturated carbocycles. The summed E-state index contributed by atoms with van der Waals surface area (Å²) in [6.45, 7) is 5.28. The third-order valence-corrected chi connectivity index (χ3v) is 6.26. The predicted octanol–water partition coefficient (Wildman–Crippen LogP) is 4.88. The predicted molar refractivity (Wildman–Crippen MR) is 128 cm³/mol. The molecule has 1 saturated heterocycles. The number of hydrogen-bond acceptors (Lipinski definition) is 4. The lowest BCUT2D eigenvalue weighted by atomic mass is 9.96. The topological polar surface area (TPSA) is 60.8 Å².